The third-order valence-corrected chi connectivity index (χ3v) is 2.81. The summed E-state index contributed by atoms with van der Waals surface area (Å²) in [5.41, 5.74) is 9.19. The van der Waals surface area contributed by atoms with Crippen molar-refractivity contribution in [2.24, 2.45) is 5.73 Å². The lowest BCUT2D eigenvalue weighted by Crippen LogP contribution is -2.16. The molecule has 2 heterocycles. The Balaban J connectivity index is 2.28. The maximum Gasteiger partial charge on any atom is 0.122 e. The molecule has 2 aromatic rings. The number of aryl methyl sites for hydroxylation is 2. The molecule has 0 atom stereocenters. The molecule has 0 saturated carbocycles. The lowest BCUT2D eigenvalue weighted by Gasteiger charge is -2.13. The Hall–Kier alpha value is -1.88. The van der Waals surface area contributed by atoms with Crippen LogP contribution in [0.15, 0.2) is 28.9 Å². The van der Waals surface area contributed by atoms with Crippen LogP contribution in [0.25, 0.3) is 0 Å². The second kappa shape index (κ2) is 5.18. The Labute approximate surface area is 111 Å². The molecule has 0 saturated heterocycles. The Bertz CT molecular complexity index is 564. The fourth-order valence-electron chi connectivity index (χ4n) is 1.87. The highest BCUT2D eigenvalue weighted by atomic mass is 32.1. The molecule has 0 amide bonds. The first-order chi connectivity index (χ1) is 8.58. The van der Waals surface area contributed by atoms with E-state index in [2.05, 4.69) is 10.3 Å². The van der Waals surface area contributed by atoms with Gasteiger partial charge in [-0.05, 0) is 32.0 Å². The highest BCUT2D eigenvalue weighted by Crippen LogP contribution is 2.20. The standard InChI is InChI=1S/C13H15N3OS/c1-8-6-11(12(13(14)18)9(2)16-8)15-7-10-4-3-5-17-10/h3-6H,7H2,1-2H3,(H2,14,18)(H,15,16). The molecule has 0 spiro atoms. The van der Waals surface area contributed by atoms with Gasteiger partial charge in [0.1, 0.15) is 10.7 Å². The van der Waals surface area contributed by atoms with Crippen LogP contribution in [0.2, 0.25) is 0 Å². The van der Waals surface area contributed by atoms with E-state index in [-0.39, 0.29) is 0 Å². The minimum Gasteiger partial charge on any atom is -0.467 e. The highest BCUT2D eigenvalue weighted by molar-refractivity contribution is 7.80. The van der Waals surface area contributed by atoms with E-state index >= 15 is 0 Å². The number of aromatic nitrogens is 1. The molecule has 0 unspecified atom stereocenters. The van der Waals surface area contributed by atoms with Crippen LogP contribution in [0.5, 0.6) is 0 Å². The molecule has 0 aliphatic carbocycles. The molecular weight excluding hydrogens is 246 g/mol. The second-order valence-corrected chi connectivity index (χ2v) is 4.51. The van der Waals surface area contributed by atoms with Crippen molar-refractivity contribution in [3.8, 4) is 0 Å². The Morgan fingerprint density at radius 1 is 1.50 bits per heavy atom. The van der Waals surface area contributed by atoms with Gasteiger partial charge in [0.25, 0.3) is 0 Å². The van der Waals surface area contributed by atoms with Crippen molar-refractivity contribution in [1.82, 2.24) is 4.98 Å². The van der Waals surface area contributed by atoms with Crippen molar-refractivity contribution >= 4 is 22.9 Å². The SMILES string of the molecule is Cc1cc(NCc2ccco2)c(C(N)=S)c(C)n1. The van der Waals surface area contributed by atoms with E-state index in [4.69, 9.17) is 22.4 Å². The maximum atomic E-state index is 5.74. The van der Waals surface area contributed by atoms with Gasteiger partial charge >= 0.3 is 0 Å². The molecule has 18 heavy (non-hydrogen) atoms. The van der Waals surface area contributed by atoms with Crippen molar-refractivity contribution in [3.63, 3.8) is 0 Å². The monoisotopic (exact) mass is 261 g/mol. The first-order valence-electron chi connectivity index (χ1n) is 5.62. The first-order valence-corrected chi connectivity index (χ1v) is 6.03. The van der Waals surface area contributed by atoms with E-state index in [9.17, 15) is 0 Å². The zero-order valence-corrected chi connectivity index (χ0v) is 11.2. The number of furan rings is 1. The van der Waals surface area contributed by atoms with Crippen LogP contribution in [0, 0.1) is 13.8 Å². The third-order valence-electron chi connectivity index (χ3n) is 2.61. The summed E-state index contributed by atoms with van der Waals surface area (Å²) in [7, 11) is 0. The molecule has 0 aliphatic rings. The number of pyridine rings is 1. The predicted molar refractivity (Wildman–Crippen MR) is 75.6 cm³/mol. The van der Waals surface area contributed by atoms with Gasteiger partial charge in [-0.1, -0.05) is 12.2 Å². The summed E-state index contributed by atoms with van der Waals surface area (Å²) in [6.45, 7) is 4.43. The molecule has 0 radical (unpaired) electrons. The quantitative estimate of drug-likeness (QED) is 0.828. The molecule has 3 N–H and O–H groups in total. The molecule has 94 valence electrons. The zero-order chi connectivity index (χ0) is 13.1. The molecule has 0 aliphatic heterocycles. The summed E-state index contributed by atoms with van der Waals surface area (Å²) in [5.74, 6) is 0.857. The molecule has 0 bridgehead atoms. The number of anilines is 1. The van der Waals surface area contributed by atoms with Gasteiger partial charge in [-0.3, -0.25) is 4.98 Å². The highest BCUT2D eigenvalue weighted by Gasteiger charge is 2.11. The van der Waals surface area contributed by atoms with Gasteiger partial charge in [-0.2, -0.15) is 0 Å². The van der Waals surface area contributed by atoms with Crippen molar-refractivity contribution < 1.29 is 4.42 Å². The average Bonchev–Trinajstić information content (AvgIpc) is 2.77. The van der Waals surface area contributed by atoms with E-state index in [1.54, 1.807) is 6.26 Å². The number of nitrogens with one attached hydrogen (secondary N) is 1. The van der Waals surface area contributed by atoms with Crippen LogP contribution >= 0.6 is 12.2 Å². The molecule has 2 rings (SSSR count). The summed E-state index contributed by atoms with van der Waals surface area (Å²) in [5, 5.41) is 3.28. The van der Waals surface area contributed by atoms with Gasteiger partial charge in [0, 0.05) is 17.1 Å². The van der Waals surface area contributed by atoms with Crippen LogP contribution in [0.3, 0.4) is 0 Å². The van der Waals surface area contributed by atoms with Gasteiger partial charge in [0.15, 0.2) is 0 Å². The minimum atomic E-state index is 0.349. The topological polar surface area (TPSA) is 64.1 Å². The van der Waals surface area contributed by atoms with Gasteiger partial charge in [0.05, 0.1) is 18.4 Å². The smallest absolute Gasteiger partial charge is 0.122 e. The van der Waals surface area contributed by atoms with E-state index in [0.717, 1.165) is 28.4 Å². The summed E-state index contributed by atoms with van der Waals surface area (Å²) < 4.78 is 5.27. The second-order valence-electron chi connectivity index (χ2n) is 4.07. The Morgan fingerprint density at radius 2 is 2.28 bits per heavy atom. The lowest BCUT2D eigenvalue weighted by atomic mass is 10.1. The number of thiocarbonyl (C=S) groups is 1. The number of rotatable bonds is 4. The van der Waals surface area contributed by atoms with Crippen molar-refractivity contribution in [2.75, 3.05) is 5.32 Å². The van der Waals surface area contributed by atoms with Crippen molar-refractivity contribution in [1.29, 1.82) is 0 Å². The summed E-state index contributed by atoms with van der Waals surface area (Å²) in [6, 6.07) is 5.70. The molecular formula is C13H15N3OS. The van der Waals surface area contributed by atoms with Crippen molar-refractivity contribution in [3.05, 3.63) is 47.2 Å². The van der Waals surface area contributed by atoms with Gasteiger partial charge in [-0.15, -0.1) is 0 Å². The van der Waals surface area contributed by atoms with E-state index in [1.807, 2.05) is 32.0 Å². The molecule has 5 heteroatoms. The predicted octanol–water partition coefficient (Wildman–Crippen LogP) is 2.54. The Morgan fingerprint density at radius 3 is 2.89 bits per heavy atom. The molecule has 0 aromatic carbocycles. The summed E-state index contributed by atoms with van der Waals surface area (Å²) in [6.07, 6.45) is 1.65. The lowest BCUT2D eigenvalue weighted by molar-refractivity contribution is 0.518. The van der Waals surface area contributed by atoms with E-state index in [0.29, 0.717) is 11.5 Å². The fourth-order valence-corrected chi connectivity index (χ4v) is 2.13. The number of nitrogens with zero attached hydrogens (tertiary/aromatic N) is 1. The summed E-state index contributed by atoms with van der Waals surface area (Å²) in [4.78, 5) is 4.72. The van der Waals surface area contributed by atoms with E-state index in [1.165, 1.54) is 0 Å². The van der Waals surface area contributed by atoms with Gasteiger partial charge < -0.3 is 15.5 Å². The van der Waals surface area contributed by atoms with Gasteiger partial charge in [0.2, 0.25) is 0 Å². The van der Waals surface area contributed by atoms with Crippen LogP contribution < -0.4 is 11.1 Å². The fraction of sp³-hybridized carbons (Fsp3) is 0.231. The first kappa shape index (κ1) is 12.6. The normalized spacial score (nSPS) is 10.3. The van der Waals surface area contributed by atoms with Crippen LogP contribution in [0.4, 0.5) is 5.69 Å². The largest absolute Gasteiger partial charge is 0.467 e. The van der Waals surface area contributed by atoms with Crippen LogP contribution in [0.1, 0.15) is 22.7 Å². The average molecular weight is 261 g/mol. The molecule has 2 aromatic heterocycles. The van der Waals surface area contributed by atoms with Gasteiger partial charge in [-0.25, -0.2) is 0 Å². The van der Waals surface area contributed by atoms with Crippen LogP contribution in [-0.4, -0.2) is 9.97 Å². The summed E-state index contributed by atoms with van der Waals surface area (Å²) >= 11 is 5.07. The number of nitrogens with two attached hydrogens (primary N) is 1. The number of hydrogen-bond donors (Lipinski definition) is 2. The Kier molecular flexibility index (Phi) is 3.62. The minimum absolute atomic E-state index is 0.349. The number of hydrogen-bond acceptors (Lipinski definition) is 4. The van der Waals surface area contributed by atoms with Crippen LogP contribution in [-0.2, 0) is 6.54 Å². The van der Waals surface area contributed by atoms with Crippen molar-refractivity contribution in [2.45, 2.75) is 20.4 Å². The maximum absolute atomic E-state index is 5.74. The van der Waals surface area contributed by atoms with E-state index < -0.39 is 0 Å². The zero-order valence-electron chi connectivity index (χ0n) is 10.4. The molecule has 4 nitrogen and oxygen atoms in total. The molecule has 0 fully saturated rings. The third kappa shape index (κ3) is 2.68.